The summed E-state index contributed by atoms with van der Waals surface area (Å²) >= 11 is 0. The van der Waals surface area contributed by atoms with Crippen molar-refractivity contribution in [1.82, 2.24) is 5.32 Å². The average molecular weight is 198 g/mol. The van der Waals surface area contributed by atoms with Gasteiger partial charge in [-0.1, -0.05) is 6.42 Å². The van der Waals surface area contributed by atoms with Gasteiger partial charge in [0.1, 0.15) is 0 Å². The van der Waals surface area contributed by atoms with Gasteiger partial charge in [0.2, 0.25) is 0 Å². The molecule has 2 heteroatoms. The normalized spacial score (nSPS) is 13.7. The first-order chi connectivity index (χ1) is 4.97. The van der Waals surface area contributed by atoms with E-state index in [-0.39, 0.29) is 26.0 Å². The zero-order valence-corrected chi connectivity index (χ0v) is 8.70. The summed E-state index contributed by atoms with van der Waals surface area (Å²) in [5, 5.41) is 3.33. The zero-order valence-electron chi connectivity index (χ0n) is 7.30. The third-order valence-electron chi connectivity index (χ3n) is 1.94. The van der Waals surface area contributed by atoms with Gasteiger partial charge in [0.05, 0.1) is 0 Å². The fourth-order valence-electron chi connectivity index (χ4n) is 1.35. The molecular weight excluding hydrogens is 185 g/mol. The Morgan fingerprint density at radius 1 is 1.33 bits per heavy atom. The van der Waals surface area contributed by atoms with Gasteiger partial charge >= 0.3 is 18.6 Å². The predicted octanol–water partition coefficient (Wildman–Crippen LogP) is 1.58. The number of nitrogens with one attached hydrogen (secondary N) is 1. The van der Waals surface area contributed by atoms with Crippen LogP contribution in [0.15, 0.2) is 18.2 Å². The number of benzene rings is 1. The van der Waals surface area contributed by atoms with Crippen LogP contribution in [0.5, 0.6) is 0 Å². The quantitative estimate of drug-likeness (QED) is 0.624. The molecule has 0 bridgehead atoms. The minimum Gasteiger partial charge on any atom is -0.358 e. The Labute approximate surface area is 86.4 Å². The fraction of sp³-hybridized carbons (Fsp3) is 0.300. The maximum Gasteiger partial charge on any atom is 2.00 e. The molecule has 2 rings (SSSR count). The smallest absolute Gasteiger partial charge is 0.358 e. The summed E-state index contributed by atoms with van der Waals surface area (Å²) in [5.74, 6) is 0. The molecule has 0 spiro atoms. The van der Waals surface area contributed by atoms with Crippen molar-refractivity contribution in [2.24, 2.45) is 0 Å². The second-order valence-electron chi connectivity index (χ2n) is 2.62. The van der Waals surface area contributed by atoms with Crippen LogP contribution in [0.2, 0.25) is 0 Å². The Morgan fingerprint density at radius 2 is 2.17 bits per heavy atom. The van der Waals surface area contributed by atoms with Crippen molar-refractivity contribution in [2.45, 2.75) is 13.0 Å². The topological polar surface area (TPSA) is 12.0 Å². The van der Waals surface area contributed by atoms with E-state index < -0.39 is 0 Å². The molecule has 1 aliphatic rings. The Bertz CT molecular complexity index is 210. The van der Waals surface area contributed by atoms with Gasteiger partial charge < -0.3 is 12.7 Å². The van der Waals surface area contributed by atoms with Gasteiger partial charge in [-0.15, -0.1) is 5.56 Å². The molecule has 0 atom stereocenters. The van der Waals surface area contributed by atoms with Crippen molar-refractivity contribution < 1.29 is 18.6 Å². The van der Waals surface area contributed by atoms with Gasteiger partial charge in [-0.25, -0.2) is 0 Å². The molecule has 12 heavy (non-hydrogen) atoms. The van der Waals surface area contributed by atoms with Crippen molar-refractivity contribution in [2.75, 3.05) is 6.54 Å². The second kappa shape index (κ2) is 5.42. The molecule has 1 radical (unpaired) electrons. The molecule has 0 aromatic heterocycles. The molecular formula is C10H13NV. The molecule has 1 aliphatic heterocycles. The molecule has 1 N–H and O–H groups in total. The zero-order chi connectivity index (χ0) is 6.81. The first-order valence-electron chi connectivity index (χ1n) is 3.65. The summed E-state index contributed by atoms with van der Waals surface area (Å²) in [6, 6.07) is 9.30. The van der Waals surface area contributed by atoms with Crippen LogP contribution in [-0.2, 0) is 31.5 Å². The predicted molar refractivity (Wildman–Crippen MR) is 47.1 cm³/mol. The SMILES string of the molecule is [CH3-].[V+2].[c-]1ccc2c(c1)CCNC2. The molecule has 0 aliphatic carbocycles. The van der Waals surface area contributed by atoms with E-state index in [4.69, 9.17) is 0 Å². The number of rotatable bonds is 0. The summed E-state index contributed by atoms with van der Waals surface area (Å²) in [4.78, 5) is 0. The second-order valence-corrected chi connectivity index (χ2v) is 2.62. The first-order valence-corrected chi connectivity index (χ1v) is 3.65. The van der Waals surface area contributed by atoms with E-state index in [1.807, 2.05) is 6.07 Å². The Hall–Kier alpha value is -0.236. The van der Waals surface area contributed by atoms with Gasteiger partial charge in [-0.05, 0) is 13.1 Å². The maximum absolute atomic E-state index is 3.33. The summed E-state index contributed by atoms with van der Waals surface area (Å²) in [6.45, 7) is 2.15. The average Bonchev–Trinajstić information content (AvgIpc) is 2.05. The van der Waals surface area contributed by atoms with E-state index in [0.717, 1.165) is 19.5 Å². The van der Waals surface area contributed by atoms with Crippen LogP contribution in [0.4, 0.5) is 0 Å². The molecule has 0 saturated heterocycles. The van der Waals surface area contributed by atoms with Gasteiger partial charge in [0.25, 0.3) is 0 Å². The number of hydrogen-bond acceptors (Lipinski definition) is 1. The molecule has 0 fully saturated rings. The van der Waals surface area contributed by atoms with E-state index in [1.54, 1.807) is 0 Å². The summed E-state index contributed by atoms with van der Waals surface area (Å²) < 4.78 is 0. The summed E-state index contributed by atoms with van der Waals surface area (Å²) in [7, 11) is 0. The Kier molecular flexibility index (Phi) is 5.31. The summed E-state index contributed by atoms with van der Waals surface area (Å²) in [6.07, 6.45) is 1.16. The van der Waals surface area contributed by atoms with Crippen LogP contribution < -0.4 is 5.32 Å². The third kappa shape index (κ3) is 2.38. The van der Waals surface area contributed by atoms with Crippen molar-refractivity contribution in [3.8, 4) is 0 Å². The van der Waals surface area contributed by atoms with Gasteiger partial charge in [-0.2, -0.15) is 29.8 Å². The van der Waals surface area contributed by atoms with Gasteiger partial charge in [0, 0.05) is 0 Å². The molecule has 1 heterocycles. The van der Waals surface area contributed by atoms with Gasteiger partial charge in [-0.3, -0.25) is 0 Å². The Morgan fingerprint density at radius 3 is 2.92 bits per heavy atom. The van der Waals surface area contributed by atoms with Crippen molar-refractivity contribution >= 4 is 0 Å². The monoisotopic (exact) mass is 198 g/mol. The van der Waals surface area contributed by atoms with Crippen LogP contribution in [0.1, 0.15) is 11.1 Å². The molecule has 0 unspecified atom stereocenters. The van der Waals surface area contributed by atoms with Crippen molar-refractivity contribution in [3.63, 3.8) is 0 Å². The van der Waals surface area contributed by atoms with E-state index in [0.29, 0.717) is 0 Å². The maximum atomic E-state index is 3.33. The molecule has 0 saturated carbocycles. The summed E-state index contributed by atoms with van der Waals surface area (Å²) in [5.41, 5.74) is 2.89. The molecule has 1 aromatic carbocycles. The van der Waals surface area contributed by atoms with Crippen molar-refractivity contribution in [3.05, 3.63) is 42.8 Å². The largest absolute Gasteiger partial charge is 2.00 e. The van der Waals surface area contributed by atoms with Crippen LogP contribution in [0.25, 0.3) is 0 Å². The fourth-order valence-corrected chi connectivity index (χ4v) is 1.35. The molecule has 63 valence electrons. The standard InChI is InChI=1S/C9H10N.CH3.V/c1-2-4-9-7-10-6-5-8(9)3-1;;/h2-4,10H,5-7H2;1H3;/q2*-1;+2. The molecule has 1 aromatic rings. The van der Waals surface area contributed by atoms with E-state index >= 15 is 0 Å². The molecule has 1 nitrogen and oxygen atoms in total. The number of fused-ring (bicyclic) bond motifs is 1. The van der Waals surface area contributed by atoms with E-state index in [9.17, 15) is 0 Å². The van der Waals surface area contributed by atoms with E-state index in [1.165, 1.54) is 11.1 Å². The first kappa shape index (κ1) is 11.8. The minimum absolute atomic E-state index is 0. The van der Waals surface area contributed by atoms with Crippen molar-refractivity contribution in [1.29, 1.82) is 0 Å². The van der Waals surface area contributed by atoms with Gasteiger partial charge in [0.15, 0.2) is 0 Å². The Balaban J connectivity index is 0.000000605. The van der Waals surface area contributed by atoms with Crippen LogP contribution in [-0.4, -0.2) is 6.54 Å². The number of hydrogen-bond donors (Lipinski definition) is 1. The van der Waals surface area contributed by atoms with Crippen LogP contribution in [0, 0.1) is 13.5 Å². The van der Waals surface area contributed by atoms with E-state index in [2.05, 4.69) is 23.5 Å². The van der Waals surface area contributed by atoms with Crippen LogP contribution >= 0.6 is 0 Å². The molecule has 0 amide bonds. The minimum atomic E-state index is 0. The van der Waals surface area contributed by atoms with Crippen LogP contribution in [0.3, 0.4) is 0 Å². The third-order valence-corrected chi connectivity index (χ3v) is 1.94.